The van der Waals surface area contributed by atoms with Gasteiger partial charge in [-0.2, -0.15) is 0 Å². The van der Waals surface area contributed by atoms with Crippen molar-refractivity contribution in [3.05, 3.63) is 35.8 Å². The second kappa shape index (κ2) is 9.72. The predicted octanol–water partition coefficient (Wildman–Crippen LogP) is 2.23. The van der Waals surface area contributed by atoms with Gasteiger partial charge in [-0.1, -0.05) is 0 Å². The number of carbonyl (C=O) groups is 1. The molecule has 1 amide bonds. The highest BCUT2D eigenvalue weighted by Gasteiger charge is 2.11. The van der Waals surface area contributed by atoms with Crippen molar-refractivity contribution in [2.24, 2.45) is 0 Å². The lowest BCUT2D eigenvalue weighted by Gasteiger charge is -2.12. The summed E-state index contributed by atoms with van der Waals surface area (Å²) in [5, 5.41) is 6.06. The maximum atomic E-state index is 12.4. The summed E-state index contributed by atoms with van der Waals surface area (Å²) in [7, 11) is 7.17. The Balaban J connectivity index is 2.09. The van der Waals surface area contributed by atoms with Crippen LogP contribution in [0.4, 0.5) is 11.5 Å². The monoisotopic (exact) mass is 373 g/mol. The summed E-state index contributed by atoms with van der Waals surface area (Å²) >= 11 is 0. The number of nitrogens with one attached hydrogen (secondary N) is 2. The molecule has 0 aliphatic carbocycles. The molecule has 2 rings (SSSR count). The van der Waals surface area contributed by atoms with Crippen molar-refractivity contribution >= 4 is 17.4 Å². The van der Waals surface area contributed by atoms with E-state index in [1.165, 1.54) is 0 Å². The van der Waals surface area contributed by atoms with Crippen LogP contribution in [0.1, 0.15) is 22.7 Å². The van der Waals surface area contributed by atoms with Gasteiger partial charge in [0, 0.05) is 24.4 Å². The van der Waals surface area contributed by atoms with Crippen molar-refractivity contribution in [3.63, 3.8) is 0 Å². The highest BCUT2D eigenvalue weighted by molar-refractivity contribution is 5.93. The van der Waals surface area contributed by atoms with Crippen LogP contribution in [-0.4, -0.2) is 62.2 Å². The van der Waals surface area contributed by atoms with Gasteiger partial charge in [-0.15, -0.1) is 0 Å². The minimum absolute atomic E-state index is 0.213. The summed E-state index contributed by atoms with van der Waals surface area (Å²) in [5.74, 6) is 2.08. The van der Waals surface area contributed by atoms with Crippen LogP contribution in [-0.2, 0) is 0 Å². The molecule has 0 spiro atoms. The maximum Gasteiger partial charge on any atom is 0.270 e. The van der Waals surface area contributed by atoms with Crippen LogP contribution in [0.2, 0.25) is 0 Å². The van der Waals surface area contributed by atoms with E-state index in [-0.39, 0.29) is 5.91 Å². The maximum absolute atomic E-state index is 12.4. The zero-order valence-corrected chi connectivity index (χ0v) is 16.5. The molecule has 0 unspecified atom stereocenters. The van der Waals surface area contributed by atoms with Gasteiger partial charge in [-0.25, -0.2) is 9.97 Å². The lowest BCUT2D eigenvalue weighted by atomic mass is 10.2. The molecule has 2 aromatic rings. The molecule has 1 aromatic heterocycles. The first-order valence-electron chi connectivity index (χ1n) is 8.70. The zero-order chi connectivity index (χ0) is 19.8. The van der Waals surface area contributed by atoms with E-state index in [0.717, 1.165) is 18.7 Å². The molecule has 2 N–H and O–H groups in total. The smallest absolute Gasteiger partial charge is 0.270 e. The van der Waals surface area contributed by atoms with Gasteiger partial charge < -0.3 is 25.0 Å². The number of carbonyl (C=O) groups excluding carboxylic acids is 1. The summed E-state index contributed by atoms with van der Waals surface area (Å²) in [4.78, 5) is 23.0. The average molecular weight is 373 g/mol. The fourth-order valence-electron chi connectivity index (χ4n) is 2.50. The molecule has 27 heavy (non-hydrogen) atoms. The molecule has 1 aromatic carbocycles. The van der Waals surface area contributed by atoms with Gasteiger partial charge in [0.2, 0.25) is 0 Å². The van der Waals surface area contributed by atoms with Gasteiger partial charge >= 0.3 is 0 Å². The Morgan fingerprint density at radius 3 is 2.52 bits per heavy atom. The first-order valence-corrected chi connectivity index (χ1v) is 8.70. The minimum Gasteiger partial charge on any atom is -0.493 e. The van der Waals surface area contributed by atoms with Gasteiger partial charge in [-0.05, 0) is 46.1 Å². The Kier molecular flexibility index (Phi) is 7.36. The van der Waals surface area contributed by atoms with E-state index in [1.807, 2.05) is 20.2 Å². The molecule has 146 valence electrons. The molecular weight excluding hydrogens is 346 g/mol. The van der Waals surface area contributed by atoms with Crippen LogP contribution < -0.4 is 20.1 Å². The van der Waals surface area contributed by atoms with Crippen molar-refractivity contribution < 1.29 is 14.3 Å². The Labute approximate surface area is 159 Å². The van der Waals surface area contributed by atoms with Crippen LogP contribution in [0.15, 0.2) is 24.3 Å². The van der Waals surface area contributed by atoms with Crippen LogP contribution in [0.5, 0.6) is 11.5 Å². The van der Waals surface area contributed by atoms with Gasteiger partial charge in [-0.3, -0.25) is 4.79 Å². The molecule has 0 saturated carbocycles. The van der Waals surface area contributed by atoms with Gasteiger partial charge in [0.1, 0.15) is 17.3 Å². The molecule has 0 atom stereocenters. The number of aromatic nitrogens is 2. The molecule has 0 aliphatic heterocycles. The minimum atomic E-state index is -0.213. The van der Waals surface area contributed by atoms with Crippen LogP contribution in [0.3, 0.4) is 0 Å². The third kappa shape index (κ3) is 6.10. The Morgan fingerprint density at radius 2 is 1.85 bits per heavy atom. The van der Waals surface area contributed by atoms with Gasteiger partial charge in [0.15, 0.2) is 11.5 Å². The Hall–Kier alpha value is -2.87. The number of amides is 1. The third-order valence-electron chi connectivity index (χ3n) is 3.79. The van der Waals surface area contributed by atoms with E-state index in [0.29, 0.717) is 35.4 Å². The molecule has 0 aliphatic rings. The number of hydrogen-bond donors (Lipinski definition) is 2. The number of aryl methyl sites for hydroxylation is 1. The zero-order valence-electron chi connectivity index (χ0n) is 16.5. The van der Waals surface area contributed by atoms with Crippen LogP contribution >= 0.6 is 0 Å². The van der Waals surface area contributed by atoms with Crippen molar-refractivity contribution in [1.82, 2.24) is 20.2 Å². The Bertz CT molecular complexity index is 780. The second-order valence-corrected chi connectivity index (χ2v) is 6.29. The molecule has 0 bridgehead atoms. The van der Waals surface area contributed by atoms with Crippen molar-refractivity contribution in [1.29, 1.82) is 0 Å². The second-order valence-electron chi connectivity index (χ2n) is 6.29. The number of hydrogen-bond acceptors (Lipinski definition) is 7. The molecule has 1 heterocycles. The summed E-state index contributed by atoms with van der Waals surface area (Å²) in [5.41, 5.74) is 1.10. The lowest BCUT2D eigenvalue weighted by molar-refractivity contribution is 0.0947. The number of methoxy groups -OCH3 is 2. The SMILES string of the molecule is COc1ccc(Nc2cc(C(=O)NCCCN(C)C)nc(C)n2)cc1OC. The fourth-order valence-corrected chi connectivity index (χ4v) is 2.50. The molecule has 0 saturated heterocycles. The lowest BCUT2D eigenvalue weighted by Crippen LogP contribution is -2.28. The Morgan fingerprint density at radius 1 is 1.11 bits per heavy atom. The fraction of sp³-hybridized carbons (Fsp3) is 0.421. The van der Waals surface area contributed by atoms with E-state index in [1.54, 1.807) is 39.3 Å². The highest BCUT2D eigenvalue weighted by Crippen LogP contribution is 2.30. The summed E-state index contributed by atoms with van der Waals surface area (Å²) in [6, 6.07) is 7.08. The van der Waals surface area contributed by atoms with Crippen LogP contribution in [0, 0.1) is 6.92 Å². The van der Waals surface area contributed by atoms with Crippen molar-refractivity contribution in [2.45, 2.75) is 13.3 Å². The summed E-state index contributed by atoms with van der Waals surface area (Å²) < 4.78 is 10.5. The normalized spacial score (nSPS) is 10.6. The first kappa shape index (κ1) is 20.4. The molecular formula is C19H27N5O3. The average Bonchev–Trinajstić information content (AvgIpc) is 2.64. The molecule has 0 radical (unpaired) electrons. The van der Waals surface area contributed by atoms with E-state index in [4.69, 9.17) is 9.47 Å². The van der Waals surface area contributed by atoms with E-state index < -0.39 is 0 Å². The van der Waals surface area contributed by atoms with Crippen LogP contribution in [0.25, 0.3) is 0 Å². The van der Waals surface area contributed by atoms with E-state index in [2.05, 4.69) is 25.5 Å². The largest absolute Gasteiger partial charge is 0.493 e. The predicted molar refractivity (Wildman–Crippen MR) is 105 cm³/mol. The third-order valence-corrected chi connectivity index (χ3v) is 3.79. The van der Waals surface area contributed by atoms with Gasteiger partial charge in [0.05, 0.1) is 14.2 Å². The summed E-state index contributed by atoms with van der Waals surface area (Å²) in [6.45, 7) is 3.26. The number of anilines is 2. The quantitative estimate of drug-likeness (QED) is 0.652. The molecule has 0 fully saturated rings. The highest BCUT2D eigenvalue weighted by atomic mass is 16.5. The first-order chi connectivity index (χ1) is 12.9. The topological polar surface area (TPSA) is 88.6 Å². The van der Waals surface area contributed by atoms with E-state index in [9.17, 15) is 4.79 Å². The number of benzene rings is 1. The van der Waals surface area contributed by atoms with Crippen molar-refractivity contribution in [3.8, 4) is 11.5 Å². The standard InChI is InChI=1S/C19H27N5O3/c1-13-21-15(19(25)20-9-6-10-24(2)3)12-18(22-13)23-14-7-8-16(26-4)17(11-14)27-5/h7-8,11-12H,6,9-10H2,1-5H3,(H,20,25)(H,21,22,23). The van der Waals surface area contributed by atoms with E-state index >= 15 is 0 Å². The number of nitrogens with zero attached hydrogens (tertiary/aromatic N) is 3. The number of ether oxygens (including phenoxy) is 2. The summed E-state index contributed by atoms with van der Waals surface area (Å²) in [6.07, 6.45) is 0.875. The number of rotatable bonds is 9. The molecule has 8 heteroatoms. The van der Waals surface area contributed by atoms with Gasteiger partial charge in [0.25, 0.3) is 5.91 Å². The molecule has 8 nitrogen and oxygen atoms in total. The van der Waals surface area contributed by atoms with Crippen molar-refractivity contribution in [2.75, 3.05) is 46.7 Å².